The molecule has 3 heterocycles. The molecule has 116 valence electrons. The molecule has 6 nitrogen and oxygen atoms in total. The van der Waals surface area contributed by atoms with E-state index in [1.54, 1.807) is 10.6 Å². The average Bonchev–Trinajstić information content (AvgIpc) is 2.96. The molecule has 0 bridgehead atoms. The van der Waals surface area contributed by atoms with Gasteiger partial charge in [0.2, 0.25) is 0 Å². The fourth-order valence-electron chi connectivity index (χ4n) is 2.33. The van der Waals surface area contributed by atoms with Crippen LogP contribution in [0.5, 0.6) is 0 Å². The lowest BCUT2D eigenvalue weighted by Crippen LogP contribution is -2.41. The number of ether oxygens (including phenoxy) is 1. The van der Waals surface area contributed by atoms with E-state index in [1.807, 2.05) is 46.0 Å². The van der Waals surface area contributed by atoms with Gasteiger partial charge in [-0.2, -0.15) is 0 Å². The van der Waals surface area contributed by atoms with Gasteiger partial charge < -0.3 is 18.4 Å². The van der Waals surface area contributed by atoms with Crippen molar-refractivity contribution in [1.29, 1.82) is 0 Å². The van der Waals surface area contributed by atoms with Crippen LogP contribution in [0.2, 0.25) is 0 Å². The van der Waals surface area contributed by atoms with E-state index in [9.17, 15) is 4.79 Å². The smallest absolute Gasteiger partial charge is 0.464 e. The van der Waals surface area contributed by atoms with Crippen LogP contribution in [0.4, 0.5) is 0 Å². The Bertz CT molecular complexity index is 722. The molecular weight excluding hydrogens is 283 g/mol. The Labute approximate surface area is 129 Å². The second-order valence-corrected chi connectivity index (χ2v) is 6.43. The minimum Gasteiger partial charge on any atom is -0.464 e. The highest BCUT2D eigenvalue weighted by atomic mass is 16.7. The van der Waals surface area contributed by atoms with Crippen molar-refractivity contribution >= 4 is 24.2 Å². The summed E-state index contributed by atoms with van der Waals surface area (Å²) in [5, 5.41) is 0. The molecule has 3 rings (SSSR count). The summed E-state index contributed by atoms with van der Waals surface area (Å²) in [4.78, 5) is 15.8. The zero-order chi connectivity index (χ0) is 16.1. The normalized spacial score (nSPS) is 19.6. The van der Waals surface area contributed by atoms with E-state index < -0.39 is 24.3 Å². The number of carbonyl (C=O) groups excluding carboxylic acids is 1. The van der Waals surface area contributed by atoms with Crippen molar-refractivity contribution in [2.75, 3.05) is 7.11 Å². The molecule has 1 saturated heterocycles. The van der Waals surface area contributed by atoms with Crippen LogP contribution in [0, 0.1) is 0 Å². The summed E-state index contributed by atoms with van der Waals surface area (Å²) in [5.41, 5.74) is 1.03. The molecule has 1 fully saturated rings. The van der Waals surface area contributed by atoms with Gasteiger partial charge in [0.25, 0.3) is 0 Å². The molecule has 2 aromatic heterocycles. The van der Waals surface area contributed by atoms with Gasteiger partial charge in [-0.1, -0.05) is 6.07 Å². The first-order valence-corrected chi connectivity index (χ1v) is 7.16. The number of esters is 1. The molecule has 2 aromatic rings. The standard InChI is InChI=1S/C15H19BN2O4/c1-14(2)15(3,4)22-16(21-14)10-6-7-12-17-11(13(19)20-5)9-18(12)8-10/h6-9H,1-5H3. The summed E-state index contributed by atoms with van der Waals surface area (Å²) in [6, 6.07) is 3.72. The van der Waals surface area contributed by atoms with Crippen molar-refractivity contribution in [3.63, 3.8) is 0 Å². The SMILES string of the molecule is COC(=O)c1cn2cc(B3OC(C)(C)C(C)(C)O3)ccc2n1. The van der Waals surface area contributed by atoms with E-state index >= 15 is 0 Å². The zero-order valence-electron chi connectivity index (χ0n) is 13.4. The third kappa shape index (κ3) is 2.30. The molecule has 0 aliphatic carbocycles. The number of rotatable bonds is 2. The maximum absolute atomic E-state index is 11.5. The molecule has 0 radical (unpaired) electrons. The van der Waals surface area contributed by atoms with Gasteiger partial charge in [-0.15, -0.1) is 0 Å². The van der Waals surface area contributed by atoms with E-state index in [0.717, 1.165) is 5.46 Å². The van der Waals surface area contributed by atoms with Crippen molar-refractivity contribution in [3.8, 4) is 0 Å². The number of nitrogens with zero attached hydrogens (tertiary/aromatic N) is 2. The Hall–Kier alpha value is -1.86. The van der Waals surface area contributed by atoms with Gasteiger partial charge in [0.05, 0.1) is 18.3 Å². The molecule has 0 saturated carbocycles. The molecule has 1 aliphatic heterocycles. The van der Waals surface area contributed by atoms with Crippen LogP contribution in [-0.4, -0.2) is 40.8 Å². The van der Waals surface area contributed by atoms with Gasteiger partial charge in [0, 0.05) is 12.4 Å². The third-order valence-corrected chi connectivity index (χ3v) is 4.39. The van der Waals surface area contributed by atoms with Gasteiger partial charge >= 0.3 is 13.1 Å². The molecular formula is C15H19BN2O4. The predicted octanol–water partition coefficient (Wildman–Crippen LogP) is 1.42. The molecule has 0 unspecified atom stereocenters. The Morgan fingerprint density at radius 2 is 1.82 bits per heavy atom. The lowest BCUT2D eigenvalue weighted by Gasteiger charge is -2.32. The Kier molecular flexibility index (Phi) is 3.30. The highest BCUT2D eigenvalue weighted by molar-refractivity contribution is 6.62. The number of methoxy groups -OCH3 is 1. The maximum Gasteiger partial charge on any atom is 0.496 e. The number of pyridine rings is 1. The van der Waals surface area contributed by atoms with Crippen LogP contribution in [0.1, 0.15) is 38.2 Å². The Morgan fingerprint density at radius 3 is 2.41 bits per heavy atom. The number of hydrogen-bond donors (Lipinski definition) is 0. The predicted molar refractivity (Wildman–Crippen MR) is 82.2 cm³/mol. The molecule has 0 spiro atoms. The van der Waals surface area contributed by atoms with Crippen molar-refractivity contribution in [2.24, 2.45) is 0 Å². The first kappa shape index (κ1) is 15.1. The van der Waals surface area contributed by atoms with Crippen molar-refractivity contribution in [3.05, 3.63) is 30.2 Å². The van der Waals surface area contributed by atoms with Crippen molar-refractivity contribution in [2.45, 2.75) is 38.9 Å². The topological polar surface area (TPSA) is 62.1 Å². The monoisotopic (exact) mass is 302 g/mol. The highest BCUT2D eigenvalue weighted by Gasteiger charge is 2.51. The van der Waals surface area contributed by atoms with E-state index in [2.05, 4.69) is 9.72 Å². The number of carbonyl (C=O) groups is 1. The van der Waals surface area contributed by atoms with Gasteiger partial charge in [-0.3, -0.25) is 0 Å². The van der Waals surface area contributed by atoms with Gasteiger partial charge in [-0.25, -0.2) is 9.78 Å². The van der Waals surface area contributed by atoms with Crippen LogP contribution in [-0.2, 0) is 14.0 Å². The second-order valence-electron chi connectivity index (χ2n) is 6.43. The maximum atomic E-state index is 11.5. The first-order chi connectivity index (χ1) is 10.2. The number of aromatic nitrogens is 2. The van der Waals surface area contributed by atoms with E-state index in [4.69, 9.17) is 9.31 Å². The van der Waals surface area contributed by atoms with E-state index in [1.165, 1.54) is 7.11 Å². The summed E-state index contributed by atoms with van der Waals surface area (Å²) in [6.07, 6.45) is 3.49. The first-order valence-electron chi connectivity index (χ1n) is 7.16. The minimum atomic E-state index is -0.458. The van der Waals surface area contributed by atoms with Crippen LogP contribution in [0.25, 0.3) is 5.65 Å². The Morgan fingerprint density at radius 1 is 1.18 bits per heavy atom. The highest BCUT2D eigenvalue weighted by Crippen LogP contribution is 2.36. The number of fused-ring (bicyclic) bond motifs is 1. The summed E-state index contributed by atoms with van der Waals surface area (Å²) >= 11 is 0. The molecule has 22 heavy (non-hydrogen) atoms. The minimum absolute atomic E-state index is 0.272. The van der Waals surface area contributed by atoms with Gasteiger partial charge in [-0.05, 0) is 39.2 Å². The molecule has 7 heteroatoms. The van der Waals surface area contributed by atoms with Gasteiger partial charge in [0.1, 0.15) is 5.65 Å². The van der Waals surface area contributed by atoms with Crippen molar-refractivity contribution in [1.82, 2.24) is 9.38 Å². The van der Waals surface area contributed by atoms with Crippen LogP contribution < -0.4 is 5.46 Å². The third-order valence-electron chi connectivity index (χ3n) is 4.39. The summed E-state index contributed by atoms with van der Waals surface area (Å²) in [7, 11) is 0.890. The summed E-state index contributed by atoms with van der Waals surface area (Å²) < 4.78 is 18.5. The lowest BCUT2D eigenvalue weighted by atomic mass is 9.80. The fourth-order valence-corrected chi connectivity index (χ4v) is 2.33. The van der Waals surface area contributed by atoms with E-state index in [0.29, 0.717) is 5.65 Å². The molecule has 0 atom stereocenters. The number of hydrogen-bond acceptors (Lipinski definition) is 5. The molecule has 0 aromatic carbocycles. The van der Waals surface area contributed by atoms with Crippen molar-refractivity contribution < 1.29 is 18.8 Å². The van der Waals surface area contributed by atoms with Gasteiger partial charge in [0.15, 0.2) is 5.69 Å². The second kappa shape index (κ2) is 4.82. The quantitative estimate of drug-likeness (QED) is 0.620. The number of imidazole rings is 1. The van der Waals surface area contributed by atoms with Crippen LogP contribution in [0.3, 0.4) is 0 Å². The molecule has 0 amide bonds. The van der Waals surface area contributed by atoms with Crippen LogP contribution >= 0.6 is 0 Å². The molecule has 1 aliphatic rings. The Balaban J connectivity index is 1.95. The van der Waals surface area contributed by atoms with Crippen LogP contribution in [0.15, 0.2) is 24.5 Å². The summed E-state index contributed by atoms with van der Waals surface area (Å²) in [6.45, 7) is 8.05. The fraction of sp³-hybridized carbons (Fsp3) is 0.467. The summed E-state index contributed by atoms with van der Waals surface area (Å²) in [5.74, 6) is -0.458. The molecule has 0 N–H and O–H groups in total. The zero-order valence-corrected chi connectivity index (χ0v) is 13.4. The van der Waals surface area contributed by atoms with E-state index in [-0.39, 0.29) is 5.69 Å². The largest absolute Gasteiger partial charge is 0.496 e. The average molecular weight is 302 g/mol. The lowest BCUT2D eigenvalue weighted by molar-refractivity contribution is 0.00578.